The SMILES string of the molecule is N#Cc1ccc(F)cc1CNc1cc(Br)ccc1Br. The molecule has 0 atom stereocenters. The van der Waals surface area contributed by atoms with E-state index in [9.17, 15) is 4.39 Å². The highest BCUT2D eigenvalue weighted by atomic mass is 79.9. The lowest BCUT2D eigenvalue weighted by molar-refractivity contribution is 0.625. The summed E-state index contributed by atoms with van der Waals surface area (Å²) in [6.45, 7) is 0.385. The Morgan fingerprint density at radius 1 is 1.16 bits per heavy atom. The number of rotatable bonds is 3. The van der Waals surface area contributed by atoms with Crippen LogP contribution in [0.2, 0.25) is 0 Å². The van der Waals surface area contributed by atoms with Gasteiger partial charge in [-0.1, -0.05) is 15.9 Å². The lowest BCUT2D eigenvalue weighted by Crippen LogP contribution is -2.02. The molecule has 2 aromatic carbocycles. The van der Waals surface area contributed by atoms with Crippen LogP contribution in [-0.2, 0) is 6.54 Å². The van der Waals surface area contributed by atoms with Gasteiger partial charge < -0.3 is 5.32 Å². The van der Waals surface area contributed by atoms with Crippen molar-refractivity contribution < 1.29 is 4.39 Å². The van der Waals surface area contributed by atoms with Gasteiger partial charge in [0.2, 0.25) is 0 Å². The Kier molecular flexibility index (Phi) is 4.56. The van der Waals surface area contributed by atoms with E-state index in [0.29, 0.717) is 17.7 Å². The van der Waals surface area contributed by atoms with Crippen molar-refractivity contribution in [2.75, 3.05) is 5.32 Å². The third kappa shape index (κ3) is 3.55. The topological polar surface area (TPSA) is 35.8 Å². The van der Waals surface area contributed by atoms with Gasteiger partial charge in [-0.05, 0) is 57.9 Å². The van der Waals surface area contributed by atoms with Gasteiger partial charge >= 0.3 is 0 Å². The van der Waals surface area contributed by atoms with Gasteiger partial charge in [-0.25, -0.2) is 4.39 Å². The molecule has 0 radical (unpaired) electrons. The van der Waals surface area contributed by atoms with E-state index in [2.05, 4.69) is 43.2 Å². The predicted molar refractivity (Wildman–Crippen MR) is 80.3 cm³/mol. The molecule has 0 spiro atoms. The van der Waals surface area contributed by atoms with Crippen LogP contribution in [0.25, 0.3) is 0 Å². The van der Waals surface area contributed by atoms with Crippen molar-refractivity contribution >= 4 is 37.5 Å². The third-order valence-corrected chi connectivity index (χ3v) is 3.77. The molecule has 19 heavy (non-hydrogen) atoms. The molecule has 0 aliphatic heterocycles. The molecular weight excluding hydrogens is 375 g/mol. The largest absolute Gasteiger partial charge is 0.380 e. The molecule has 5 heteroatoms. The molecule has 0 bridgehead atoms. The summed E-state index contributed by atoms with van der Waals surface area (Å²) in [5.74, 6) is -0.343. The maximum absolute atomic E-state index is 13.2. The van der Waals surface area contributed by atoms with Crippen molar-refractivity contribution in [3.05, 3.63) is 62.3 Å². The number of hydrogen-bond acceptors (Lipinski definition) is 2. The minimum atomic E-state index is -0.343. The first-order chi connectivity index (χ1) is 9.10. The van der Waals surface area contributed by atoms with Gasteiger partial charge in [0.1, 0.15) is 5.82 Å². The molecule has 0 saturated carbocycles. The monoisotopic (exact) mass is 382 g/mol. The molecule has 1 N–H and O–H groups in total. The Hall–Kier alpha value is -1.38. The van der Waals surface area contributed by atoms with Crippen molar-refractivity contribution in [2.24, 2.45) is 0 Å². The molecule has 2 aromatic rings. The molecule has 0 amide bonds. The fourth-order valence-electron chi connectivity index (χ4n) is 1.64. The summed E-state index contributed by atoms with van der Waals surface area (Å²) in [6, 6.07) is 11.9. The van der Waals surface area contributed by atoms with E-state index in [1.165, 1.54) is 18.2 Å². The van der Waals surface area contributed by atoms with Gasteiger partial charge in [-0.2, -0.15) is 5.26 Å². The zero-order valence-corrected chi connectivity index (χ0v) is 12.9. The van der Waals surface area contributed by atoms with Crippen LogP contribution in [0.5, 0.6) is 0 Å². The molecule has 0 unspecified atom stereocenters. The molecule has 0 saturated heterocycles. The van der Waals surface area contributed by atoms with Crippen LogP contribution in [0.3, 0.4) is 0 Å². The first-order valence-electron chi connectivity index (χ1n) is 5.47. The van der Waals surface area contributed by atoms with Crippen molar-refractivity contribution in [3.8, 4) is 6.07 Å². The van der Waals surface area contributed by atoms with Crippen LogP contribution >= 0.6 is 31.9 Å². The van der Waals surface area contributed by atoms with E-state index in [4.69, 9.17) is 5.26 Å². The molecule has 0 aliphatic carbocycles. The number of anilines is 1. The molecule has 0 fully saturated rings. The molecule has 2 rings (SSSR count). The maximum atomic E-state index is 13.2. The molecule has 0 heterocycles. The Balaban J connectivity index is 2.21. The Morgan fingerprint density at radius 3 is 2.68 bits per heavy atom. The highest BCUT2D eigenvalue weighted by Gasteiger charge is 2.05. The molecule has 0 aromatic heterocycles. The normalized spacial score (nSPS) is 10.0. The van der Waals surface area contributed by atoms with E-state index in [1.54, 1.807) is 0 Å². The molecule has 0 aliphatic rings. The van der Waals surface area contributed by atoms with Crippen LogP contribution < -0.4 is 5.32 Å². The van der Waals surface area contributed by atoms with E-state index < -0.39 is 0 Å². The average molecular weight is 384 g/mol. The number of hydrogen-bond donors (Lipinski definition) is 1. The fourth-order valence-corrected chi connectivity index (χ4v) is 2.39. The number of nitrogens with zero attached hydrogens (tertiary/aromatic N) is 1. The van der Waals surface area contributed by atoms with Crippen molar-refractivity contribution in [1.29, 1.82) is 5.26 Å². The highest BCUT2D eigenvalue weighted by Crippen LogP contribution is 2.26. The average Bonchev–Trinajstić information content (AvgIpc) is 2.40. The summed E-state index contributed by atoms with van der Waals surface area (Å²) >= 11 is 6.82. The van der Waals surface area contributed by atoms with Gasteiger partial charge in [0.15, 0.2) is 0 Å². The van der Waals surface area contributed by atoms with Crippen LogP contribution in [0.15, 0.2) is 45.3 Å². The predicted octanol–water partition coefficient (Wildman–Crippen LogP) is 4.83. The third-order valence-electron chi connectivity index (χ3n) is 2.59. The Morgan fingerprint density at radius 2 is 1.95 bits per heavy atom. The number of halogens is 3. The summed E-state index contributed by atoms with van der Waals surface area (Å²) in [7, 11) is 0. The Labute approximate surface area is 127 Å². The van der Waals surface area contributed by atoms with E-state index >= 15 is 0 Å². The quantitative estimate of drug-likeness (QED) is 0.823. The lowest BCUT2D eigenvalue weighted by Gasteiger charge is -2.10. The smallest absolute Gasteiger partial charge is 0.123 e. The minimum Gasteiger partial charge on any atom is -0.380 e. The maximum Gasteiger partial charge on any atom is 0.123 e. The number of nitriles is 1. The summed E-state index contributed by atoms with van der Waals surface area (Å²) < 4.78 is 15.0. The summed E-state index contributed by atoms with van der Waals surface area (Å²) in [4.78, 5) is 0. The minimum absolute atomic E-state index is 0.343. The first-order valence-corrected chi connectivity index (χ1v) is 7.06. The molecule has 2 nitrogen and oxygen atoms in total. The van der Waals surface area contributed by atoms with Crippen molar-refractivity contribution in [1.82, 2.24) is 0 Å². The van der Waals surface area contributed by atoms with Gasteiger partial charge in [-0.15, -0.1) is 0 Å². The molecule has 96 valence electrons. The van der Waals surface area contributed by atoms with Gasteiger partial charge in [0, 0.05) is 21.2 Å². The second kappa shape index (κ2) is 6.18. The van der Waals surface area contributed by atoms with E-state index in [0.717, 1.165) is 14.6 Å². The van der Waals surface area contributed by atoms with Gasteiger partial charge in [0.05, 0.1) is 11.6 Å². The van der Waals surface area contributed by atoms with Crippen LogP contribution in [0.1, 0.15) is 11.1 Å². The fraction of sp³-hybridized carbons (Fsp3) is 0.0714. The summed E-state index contributed by atoms with van der Waals surface area (Å²) in [5, 5.41) is 12.2. The lowest BCUT2D eigenvalue weighted by atomic mass is 10.1. The molecular formula is C14H9Br2FN2. The summed E-state index contributed by atoms with van der Waals surface area (Å²) in [5.41, 5.74) is 1.98. The second-order valence-electron chi connectivity index (χ2n) is 3.89. The highest BCUT2D eigenvalue weighted by molar-refractivity contribution is 9.11. The zero-order chi connectivity index (χ0) is 13.8. The van der Waals surface area contributed by atoms with Crippen LogP contribution in [0.4, 0.5) is 10.1 Å². The van der Waals surface area contributed by atoms with E-state index in [1.807, 2.05) is 18.2 Å². The van der Waals surface area contributed by atoms with Gasteiger partial charge in [0.25, 0.3) is 0 Å². The van der Waals surface area contributed by atoms with Crippen LogP contribution in [-0.4, -0.2) is 0 Å². The zero-order valence-electron chi connectivity index (χ0n) is 9.75. The number of nitrogens with one attached hydrogen (secondary N) is 1. The first kappa shape index (κ1) is 14.0. The summed E-state index contributed by atoms with van der Waals surface area (Å²) in [6.07, 6.45) is 0. The second-order valence-corrected chi connectivity index (χ2v) is 5.66. The standard InChI is InChI=1S/C14H9Br2FN2/c15-11-2-4-13(16)14(6-11)19-8-10-5-12(17)3-1-9(10)7-18/h1-6,19H,8H2. The van der Waals surface area contributed by atoms with Gasteiger partial charge in [-0.3, -0.25) is 0 Å². The van der Waals surface area contributed by atoms with Crippen molar-refractivity contribution in [3.63, 3.8) is 0 Å². The number of benzene rings is 2. The Bertz CT molecular complexity index is 650. The van der Waals surface area contributed by atoms with E-state index in [-0.39, 0.29) is 5.82 Å². The van der Waals surface area contributed by atoms with Crippen molar-refractivity contribution in [2.45, 2.75) is 6.54 Å². The van der Waals surface area contributed by atoms with Crippen LogP contribution in [0, 0.1) is 17.1 Å².